The molecule has 2 aromatic carbocycles. The molecular formula is C16H8FN3O4. The normalized spacial score (nSPS) is 12.3. The van der Waals surface area contributed by atoms with Crippen molar-refractivity contribution in [3.63, 3.8) is 0 Å². The van der Waals surface area contributed by atoms with Crippen molar-refractivity contribution < 1.29 is 14.1 Å². The number of nitro benzene ring substituents is 1. The summed E-state index contributed by atoms with van der Waals surface area (Å²) in [5.41, 5.74) is 0.0703. The van der Waals surface area contributed by atoms with Crippen LogP contribution in [-0.4, -0.2) is 20.3 Å². The third-order valence-corrected chi connectivity index (χ3v) is 4.01. The van der Waals surface area contributed by atoms with Crippen LogP contribution in [-0.2, 0) is 0 Å². The van der Waals surface area contributed by atoms with Crippen LogP contribution in [0.3, 0.4) is 0 Å². The Morgan fingerprint density at radius 1 is 1.21 bits per heavy atom. The average Bonchev–Trinajstić information content (AvgIpc) is 2.81. The van der Waals surface area contributed by atoms with Gasteiger partial charge in [-0.15, -0.1) is 0 Å². The molecule has 0 fully saturated rings. The molecule has 0 spiro atoms. The summed E-state index contributed by atoms with van der Waals surface area (Å²) >= 11 is 0. The summed E-state index contributed by atoms with van der Waals surface area (Å²) in [5.74, 6) is -1.28. The number of hydrogen-bond donors (Lipinski definition) is 0. The Balaban J connectivity index is 2.12. The van der Waals surface area contributed by atoms with Crippen molar-refractivity contribution in [2.45, 2.75) is 6.92 Å². The lowest BCUT2D eigenvalue weighted by Crippen LogP contribution is -2.22. The summed E-state index contributed by atoms with van der Waals surface area (Å²) in [4.78, 5) is 39.7. The van der Waals surface area contributed by atoms with Crippen molar-refractivity contribution in [2.75, 3.05) is 0 Å². The van der Waals surface area contributed by atoms with E-state index in [0.717, 1.165) is 16.7 Å². The third kappa shape index (κ3) is 1.73. The predicted octanol–water partition coefficient (Wildman–Crippen LogP) is 2.29. The number of ketones is 1. The highest BCUT2D eigenvalue weighted by Gasteiger charge is 2.32. The van der Waals surface area contributed by atoms with E-state index in [1.54, 1.807) is 6.92 Å². The second kappa shape index (κ2) is 4.54. The summed E-state index contributed by atoms with van der Waals surface area (Å²) < 4.78 is 14.7. The van der Waals surface area contributed by atoms with Gasteiger partial charge in [-0.1, -0.05) is 0 Å². The van der Waals surface area contributed by atoms with Gasteiger partial charge in [0, 0.05) is 12.1 Å². The molecular weight excluding hydrogens is 317 g/mol. The zero-order valence-corrected chi connectivity index (χ0v) is 12.2. The lowest BCUT2D eigenvalue weighted by Gasteiger charge is -2.07. The van der Waals surface area contributed by atoms with Crippen LogP contribution in [0.1, 0.15) is 21.7 Å². The second-order valence-electron chi connectivity index (χ2n) is 5.48. The number of halogens is 1. The highest BCUT2D eigenvalue weighted by molar-refractivity contribution is 6.13. The number of benzene rings is 2. The summed E-state index contributed by atoms with van der Waals surface area (Å²) in [5, 5.41) is 10.9. The minimum absolute atomic E-state index is 0.0298. The molecule has 0 bridgehead atoms. The largest absolute Gasteiger partial charge is 0.285 e. The van der Waals surface area contributed by atoms with E-state index < -0.39 is 22.1 Å². The van der Waals surface area contributed by atoms with E-state index in [4.69, 9.17) is 0 Å². The summed E-state index contributed by atoms with van der Waals surface area (Å²) in [6.07, 6.45) is 0. The van der Waals surface area contributed by atoms with Crippen LogP contribution < -0.4 is 5.56 Å². The van der Waals surface area contributed by atoms with Crippen LogP contribution in [0.4, 0.5) is 10.1 Å². The van der Waals surface area contributed by atoms with Crippen LogP contribution in [0.15, 0.2) is 35.1 Å². The number of fused-ring (bicyclic) bond motifs is 4. The number of carbonyl (C=O) groups is 1. The second-order valence-corrected chi connectivity index (χ2v) is 5.48. The molecule has 118 valence electrons. The van der Waals surface area contributed by atoms with Gasteiger partial charge in [-0.05, 0) is 30.7 Å². The number of nitrogens with zero attached hydrogens (tertiary/aromatic N) is 3. The van der Waals surface area contributed by atoms with E-state index in [-0.39, 0.29) is 33.7 Å². The molecule has 8 heteroatoms. The molecule has 2 heterocycles. The van der Waals surface area contributed by atoms with Crippen molar-refractivity contribution in [2.24, 2.45) is 0 Å². The number of non-ortho nitro benzene ring substituents is 1. The first-order valence-electron chi connectivity index (χ1n) is 6.95. The van der Waals surface area contributed by atoms with Gasteiger partial charge < -0.3 is 0 Å². The fraction of sp³-hybridized carbons (Fsp3) is 0.0625. The Hall–Kier alpha value is -3.42. The number of aromatic nitrogens is 2. The number of carbonyl (C=O) groups excluding carboxylic acids is 1. The van der Waals surface area contributed by atoms with Gasteiger partial charge in [0.05, 0.1) is 27.1 Å². The first-order chi connectivity index (χ1) is 11.4. The standard InChI is InChI=1S/C16H8FN3O4/c1-7-4-8(17)5-11-13(7)18-15-14(21)10-6-9(20(23)24)2-3-12(10)19(15)16(11)22/h2-6H,1H3. The van der Waals surface area contributed by atoms with Crippen LogP contribution in [0.2, 0.25) is 0 Å². The summed E-state index contributed by atoms with van der Waals surface area (Å²) in [6.45, 7) is 1.59. The molecule has 7 nitrogen and oxygen atoms in total. The molecule has 0 aliphatic carbocycles. The van der Waals surface area contributed by atoms with Gasteiger partial charge in [0.15, 0.2) is 5.82 Å². The zero-order chi connectivity index (χ0) is 17.2. The van der Waals surface area contributed by atoms with Crippen molar-refractivity contribution >= 4 is 22.4 Å². The van der Waals surface area contributed by atoms with Gasteiger partial charge >= 0.3 is 0 Å². The Labute approximate surface area is 133 Å². The minimum Gasteiger partial charge on any atom is -0.285 e. The maximum atomic E-state index is 13.6. The Bertz CT molecular complexity index is 1150. The average molecular weight is 325 g/mol. The molecule has 0 atom stereocenters. The highest BCUT2D eigenvalue weighted by Crippen LogP contribution is 2.30. The predicted molar refractivity (Wildman–Crippen MR) is 82.1 cm³/mol. The van der Waals surface area contributed by atoms with E-state index in [1.165, 1.54) is 18.2 Å². The van der Waals surface area contributed by atoms with E-state index in [9.17, 15) is 24.1 Å². The zero-order valence-electron chi connectivity index (χ0n) is 12.2. The van der Waals surface area contributed by atoms with Gasteiger partial charge in [-0.25, -0.2) is 9.37 Å². The van der Waals surface area contributed by atoms with Crippen molar-refractivity contribution in [3.8, 4) is 5.69 Å². The van der Waals surface area contributed by atoms with Gasteiger partial charge in [0.1, 0.15) is 5.82 Å². The van der Waals surface area contributed by atoms with Crippen molar-refractivity contribution in [1.29, 1.82) is 0 Å². The van der Waals surface area contributed by atoms with E-state index in [1.807, 2.05) is 0 Å². The first kappa shape index (κ1) is 14.2. The van der Waals surface area contributed by atoms with Crippen LogP contribution >= 0.6 is 0 Å². The van der Waals surface area contributed by atoms with Crippen LogP contribution in [0, 0.1) is 22.9 Å². The fourth-order valence-electron chi connectivity index (χ4n) is 2.93. The monoisotopic (exact) mass is 325 g/mol. The molecule has 3 aromatic rings. The third-order valence-electron chi connectivity index (χ3n) is 4.01. The first-order valence-corrected chi connectivity index (χ1v) is 6.95. The Morgan fingerprint density at radius 2 is 1.96 bits per heavy atom. The number of hydrogen-bond acceptors (Lipinski definition) is 5. The quantitative estimate of drug-likeness (QED) is 0.395. The SMILES string of the molecule is Cc1cc(F)cc2c(=O)n3c(nc12)C(=O)c1cc([N+](=O)[O-])ccc1-3. The molecule has 0 N–H and O–H groups in total. The maximum Gasteiger partial charge on any atom is 0.270 e. The van der Waals surface area contributed by atoms with Gasteiger partial charge in [0.2, 0.25) is 5.78 Å². The molecule has 0 saturated carbocycles. The lowest BCUT2D eigenvalue weighted by atomic mass is 10.1. The van der Waals surface area contributed by atoms with E-state index in [2.05, 4.69) is 4.98 Å². The molecule has 0 radical (unpaired) electrons. The highest BCUT2D eigenvalue weighted by atomic mass is 19.1. The summed E-state index contributed by atoms with van der Waals surface area (Å²) in [7, 11) is 0. The minimum atomic E-state index is -0.622. The molecule has 4 rings (SSSR count). The molecule has 0 saturated heterocycles. The fourth-order valence-corrected chi connectivity index (χ4v) is 2.93. The number of aryl methyl sites for hydroxylation is 1. The molecule has 1 aliphatic heterocycles. The molecule has 0 amide bonds. The van der Waals surface area contributed by atoms with Crippen LogP contribution in [0.5, 0.6) is 0 Å². The molecule has 1 aliphatic rings. The molecule has 24 heavy (non-hydrogen) atoms. The Kier molecular flexibility index (Phi) is 2.69. The van der Waals surface area contributed by atoms with E-state index >= 15 is 0 Å². The van der Waals surface area contributed by atoms with Crippen molar-refractivity contribution in [3.05, 3.63) is 73.6 Å². The smallest absolute Gasteiger partial charge is 0.270 e. The Morgan fingerprint density at radius 3 is 2.67 bits per heavy atom. The number of nitro groups is 1. The van der Waals surface area contributed by atoms with Gasteiger partial charge in [0.25, 0.3) is 11.2 Å². The van der Waals surface area contributed by atoms with Crippen molar-refractivity contribution in [1.82, 2.24) is 9.55 Å². The lowest BCUT2D eigenvalue weighted by molar-refractivity contribution is -0.384. The molecule has 0 unspecified atom stereocenters. The van der Waals surface area contributed by atoms with Gasteiger partial charge in [-0.3, -0.25) is 24.3 Å². The topological polar surface area (TPSA) is 95.1 Å². The molecule has 1 aromatic heterocycles. The van der Waals surface area contributed by atoms with E-state index in [0.29, 0.717) is 5.56 Å². The number of rotatable bonds is 1. The van der Waals surface area contributed by atoms with Gasteiger partial charge in [-0.2, -0.15) is 0 Å². The summed E-state index contributed by atoms with van der Waals surface area (Å²) in [6, 6.07) is 5.93. The van der Waals surface area contributed by atoms with Crippen LogP contribution in [0.25, 0.3) is 16.6 Å². The maximum absolute atomic E-state index is 13.6.